The molecule has 0 bridgehead atoms. The molecule has 0 radical (unpaired) electrons. The highest BCUT2D eigenvalue weighted by Crippen LogP contribution is 2.23. The lowest BCUT2D eigenvalue weighted by Crippen LogP contribution is -2.03. The Kier molecular flexibility index (Phi) is 3.35. The van der Waals surface area contributed by atoms with Crippen LogP contribution in [0.15, 0.2) is 22.7 Å². The monoisotopic (exact) mass is 294 g/mol. The number of aryl methyl sites for hydroxylation is 1. The van der Waals surface area contributed by atoms with Crippen molar-refractivity contribution in [2.75, 3.05) is 0 Å². The van der Waals surface area contributed by atoms with E-state index in [-0.39, 0.29) is 6.61 Å². The van der Waals surface area contributed by atoms with Crippen molar-refractivity contribution in [3.63, 3.8) is 0 Å². The zero-order valence-electron chi connectivity index (χ0n) is 10.2. The standard InChI is InChI=1S/C13H15BrN2O/c1-8-9(2)15-16(10(8)3)13-5-4-12(14)6-11(13)7-17/h4-6,17H,7H2,1-3H3. The molecule has 1 N–H and O–H groups in total. The van der Waals surface area contributed by atoms with E-state index in [1.165, 1.54) is 5.56 Å². The van der Waals surface area contributed by atoms with Crippen molar-refractivity contribution in [2.24, 2.45) is 0 Å². The van der Waals surface area contributed by atoms with E-state index in [2.05, 4.69) is 28.0 Å². The summed E-state index contributed by atoms with van der Waals surface area (Å²) in [5.74, 6) is 0. The predicted octanol–water partition coefficient (Wildman–Crippen LogP) is 3.05. The van der Waals surface area contributed by atoms with Crippen LogP contribution in [0.4, 0.5) is 0 Å². The molecule has 0 saturated heterocycles. The second-order valence-corrected chi connectivity index (χ2v) is 5.05. The van der Waals surface area contributed by atoms with Gasteiger partial charge in [0.25, 0.3) is 0 Å². The maximum atomic E-state index is 9.41. The van der Waals surface area contributed by atoms with Crippen LogP contribution in [0.1, 0.15) is 22.5 Å². The first-order chi connectivity index (χ1) is 8.04. The summed E-state index contributed by atoms with van der Waals surface area (Å²) in [4.78, 5) is 0. The molecular formula is C13H15BrN2O. The van der Waals surface area contributed by atoms with Gasteiger partial charge >= 0.3 is 0 Å². The van der Waals surface area contributed by atoms with Crippen LogP contribution in [0, 0.1) is 20.8 Å². The first-order valence-electron chi connectivity index (χ1n) is 5.47. The molecule has 0 aliphatic carbocycles. The number of aliphatic hydroxyl groups is 1. The average Bonchev–Trinajstić information content (AvgIpc) is 2.57. The molecule has 2 aromatic rings. The number of hydrogen-bond donors (Lipinski definition) is 1. The van der Waals surface area contributed by atoms with Crippen LogP contribution in [0.2, 0.25) is 0 Å². The lowest BCUT2D eigenvalue weighted by Gasteiger charge is -2.10. The quantitative estimate of drug-likeness (QED) is 0.924. The molecule has 1 aromatic heterocycles. The molecule has 4 heteroatoms. The Morgan fingerprint density at radius 3 is 2.53 bits per heavy atom. The summed E-state index contributed by atoms with van der Waals surface area (Å²) in [7, 11) is 0. The van der Waals surface area contributed by atoms with Crippen LogP contribution < -0.4 is 0 Å². The average molecular weight is 295 g/mol. The number of benzene rings is 1. The van der Waals surface area contributed by atoms with E-state index >= 15 is 0 Å². The molecule has 0 aliphatic heterocycles. The second-order valence-electron chi connectivity index (χ2n) is 4.14. The van der Waals surface area contributed by atoms with Gasteiger partial charge in [0, 0.05) is 15.7 Å². The van der Waals surface area contributed by atoms with Crippen LogP contribution in [0.5, 0.6) is 0 Å². The summed E-state index contributed by atoms with van der Waals surface area (Å²) in [6.07, 6.45) is 0. The highest BCUT2D eigenvalue weighted by Gasteiger charge is 2.12. The van der Waals surface area contributed by atoms with Gasteiger partial charge in [0.05, 0.1) is 18.0 Å². The Balaban J connectivity index is 2.64. The van der Waals surface area contributed by atoms with E-state index in [9.17, 15) is 5.11 Å². The van der Waals surface area contributed by atoms with Crippen molar-refractivity contribution in [1.29, 1.82) is 0 Å². The summed E-state index contributed by atoms with van der Waals surface area (Å²) in [5, 5.41) is 13.9. The highest BCUT2D eigenvalue weighted by atomic mass is 79.9. The minimum atomic E-state index is 0.00612. The SMILES string of the molecule is Cc1nn(-c2ccc(Br)cc2CO)c(C)c1C. The Hall–Kier alpha value is -1.13. The molecule has 0 atom stereocenters. The van der Waals surface area contributed by atoms with Crippen LogP contribution >= 0.6 is 15.9 Å². The number of hydrogen-bond acceptors (Lipinski definition) is 2. The summed E-state index contributed by atoms with van der Waals surface area (Å²) < 4.78 is 2.85. The van der Waals surface area contributed by atoms with Crippen LogP contribution in [0.25, 0.3) is 5.69 Å². The molecule has 0 spiro atoms. The maximum absolute atomic E-state index is 9.41. The molecule has 0 unspecified atom stereocenters. The normalized spacial score (nSPS) is 10.9. The first kappa shape index (κ1) is 12.3. The van der Waals surface area contributed by atoms with Crippen molar-refractivity contribution < 1.29 is 5.11 Å². The van der Waals surface area contributed by atoms with Gasteiger partial charge in [0.1, 0.15) is 0 Å². The molecule has 2 rings (SSSR count). The fourth-order valence-electron chi connectivity index (χ4n) is 1.84. The fraction of sp³-hybridized carbons (Fsp3) is 0.308. The highest BCUT2D eigenvalue weighted by molar-refractivity contribution is 9.10. The lowest BCUT2D eigenvalue weighted by molar-refractivity contribution is 0.281. The molecule has 90 valence electrons. The van der Waals surface area contributed by atoms with E-state index < -0.39 is 0 Å². The molecule has 0 fully saturated rings. The molecule has 3 nitrogen and oxygen atoms in total. The predicted molar refractivity (Wildman–Crippen MR) is 71.4 cm³/mol. The largest absolute Gasteiger partial charge is 0.392 e. The van der Waals surface area contributed by atoms with Gasteiger partial charge in [-0.2, -0.15) is 5.10 Å². The molecule has 1 aromatic carbocycles. The Morgan fingerprint density at radius 1 is 1.29 bits per heavy atom. The van der Waals surface area contributed by atoms with E-state index in [1.54, 1.807) is 0 Å². The number of nitrogens with zero attached hydrogens (tertiary/aromatic N) is 2. The fourth-order valence-corrected chi connectivity index (χ4v) is 2.25. The molecule has 0 saturated carbocycles. The molecule has 1 heterocycles. The minimum absolute atomic E-state index is 0.00612. The summed E-state index contributed by atoms with van der Waals surface area (Å²) >= 11 is 3.41. The van der Waals surface area contributed by atoms with Crippen LogP contribution in [-0.2, 0) is 6.61 Å². The third-order valence-corrected chi connectivity index (χ3v) is 3.59. The number of aromatic nitrogens is 2. The third-order valence-electron chi connectivity index (χ3n) is 3.09. The maximum Gasteiger partial charge on any atom is 0.0704 e. The molecular weight excluding hydrogens is 280 g/mol. The van der Waals surface area contributed by atoms with Gasteiger partial charge in [0.2, 0.25) is 0 Å². The zero-order chi connectivity index (χ0) is 12.6. The van der Waals surface area contributed by atoms with Gasteiger partial charge < -0.3 is 5.11 Å². The van der Waals surface area contributed by atoms with E-state index in [0.29, 0.717) is 0 Å². The van der Waals surface area contributed by atoms with Gasteiger partial charge in [0.15, 0.2) is 0 Å². The van der Waals surface area contributed by atoms with Gasteiger partial charge in [-0.3, -0.25) is 0 Å². The van der Waals surface area contributed by atoms with E-state index in [1.807, 2.05) is 36.7 Å². The number of aliphatic hydroxyl groups excluding tert-OH is 1. The van der Waals surface area contributed by atoms with Crippen molar-refractivity contribution >= 4 is 15.9 Å². The Labute approximate surface area is 109 Å². The number of halogens is 1. The topological polar surface area (TPSA) is 38.0 Å². The third kappa shape index (κ3) is 2.15. The van der Waals surface area contributed by atoms with Crippen LogP contribution in [0.3, 0.4) is 0 Å². The van der Waals surface area contributed by atoms with Crippen molar-refractivity contribution in [3.05, 3.63) is 45.2 Å². The van der Waals surface area contributed by atoms with Gasteiger partial charge in [-0.05, 0) is 44.5 Å². The van der Waals surface area contributed by atoms with Crippen LogP contribution in [-0.4, -0.2) is 14.9 Å². The molecule has 17 heavy (non-hydrogen) atoms. The summed E-state index contributed by atoms with van der Waals surface area (Å²) in [5.41, 5.74) is 5.13. The number of rotatable bonds is 2. The summed E-state index contributed by atoms with van der Waals surface area (Å²) in [6, 6.07) is 5.84. The van der Waals surface area contributed by atoms with Crippen molar-refractivity contribution in [1.82, 2.24) is 9.78 Å². The Bertz CT molecular complexity index is 561. The van der Waals surface area contributed by atoms with Gasteiger partial charge in [-0.1, -0.05) is 15.9 Å². The van der Waals surface area contributed by atoms with Gasteiger partial charge in [-0.25, -0.2) is 4.68 Å². The summed E-state index contributed by atoms with van der Waals surface area (Å²) in [6.45, 7) is 6.10. The molecule has 0 amide bonds. The van der Waals surface area contributed by atoms with E-state index in [0.717, 1.165) is 27.1 Å². The Morgan fingerprint density at radius 2 is 2.00 bits per heavy atom. The molecule has 0 aliphatic rings. The first-order valence-corrected chi connectivity index (χ1v) is 6.26. The minimum Gasteiger partial charge on any atom is -0.392 e. The smallest absolute Gasteiger partial charge is 0.0704 e. The van der Waals surface area contributed by atoms with Gasteiger partial charge in [-0.15, -0.1) is 0 Å². The second kappa shape index (κ2) is 4.63. The van der Waals surface area contributed by atoms with Crippen molar-refractivity contribution in [3.8, 4) is 5.69 Å². The van der Waals surface area contributed by atoms with Crippen molar-refractivity contribution in [2.45, 2.75) is 27.4 Å². The lowest BCUT2D eigenvalue weighted by atomic mass is 10.2. The van der Waals surface area contributed by atoms with E-state index in [4.69, 9.17) is 0 Å². The zero-order valence-corrected chi connectivity index (χ0v) is 11.7.